The molecule has 0 saturated heterocycles. The number of para-hydroxylation sites is 1. The molecule has 0 aromatic heterocycles. The predicted octanol–water partition coefficient (Wildman–Crippen LogP) is 1.80. The molecule has 7 heteroatoms. The molecule has 0 spiro atoms. The zero-order valence-corrected chi connectivity index (χ0v) is 11.3. The highest BCUT2D eigenvalue weighted by Gasteiger charge is 2.27. The van der Waals surface area contributed by atoms with Crippen LogP contribution in [0.1, 0.15) is 36.5 Å². The molecule has 0 bridgehead atoms. The topological polar surface area (TPSA) is 110 Å². The molecule has 20 heavy (non-hydrogen) atoms. The van der Waals surface area contributed by atoms with Crippen molar-refractivity contribution in [2.24, 2.45) is 11.8 Å². The summed E-state index contributed by atoms with van der Waals surface area (Å²) in [6.07, 6.45) is 3.41. The minimum atomic E-state index is -0.568. The van der Waals surface area contributed by atoms with Gasteiger partial charge in [0.1, 0.15) is 5.69 Å². The number of carbonyl (C=O) groups excluding carboxylic acids is 1. The molecule has 108 valence electrons. The van der Waals surface area contributed by atoms with Crippen molar-refractivity contribution in [2.45, 2.75) is 32.2 Å². The van der Waals surface area contributed by atoms with E-state index in [9.17, 15) is 14.9 Å². The molecule has 1 aliphatic rings. The van der Waals surface area contributed by atoms with Gasteiger partial charge in [0.15, 0.2) is 0 Å². The Bertz CT molecular complexity index is 528. The SMILES string of the molecule is CC(NC(=O)c1cccc([N+](=O)[O-])c1NN)C1CCC1. The number of hydrazine groups is 1. The fraction of sp³-hybridized carbons (Fsp3) is 0.462. The van der Waals surface area contributed by atoms with Gasteiger partial charge in [0.05, 0.1) is 10.5 Å². The van der Waals surface area contributed by atoms with Gasteiger partial charge in [-0.05, 0) is 31.7 Å². The number of nitrogens with two attached hydrogens (primary N) is 1. The number of anilines is 1. The monoisotopic (exact) mass is 278 g/mol. The minimum Gasteiger partial charge on any atom is -0.349 e. The van der Waals surface area contributed by atoms with Crippen molar-refractivity contribution in [1.29, 1.82) is 0 Å². The Labute approximate surface area is 116 Å². The van der Waals surface area contributed by atoms with E-state index in [4.69, 9.17) is 5.84 Å². The van der Waals surface area contributed by atoms with Crippen molar-refractivity contribution < 1.29 is 9.72 Å². The summed E-state index contributed by atoms with van der Waals surface area (Å²) in [6, 6.07) is 4.36. The van der Waals surface area contributed by atoms with Gasteiger partial charge < -0.3 is 10.7 Å². The first kappa shape index (κ1) is 14.3. The third-order valence-electron chi connectivity index (χ3n) is 3.84. The molecule has 0 heterocycles. The normalized spacial score (nSPS) is 16.1. The second-order valence-electron chi connectivity index (χ2n) is 5.05. The van der Waals surface area contributed by atoms with E-state index in [0.717, 1.165) is 12.8 Å². The standard InChI is InChI=1S/C13H18N4O3/c1-8(9-4-2-5-9)15-13(18)10-6-3-7-11(17(19)20)12(10)16-14/h3,6-9,16H,2,4-5,14H2,1H3,(H,15,18). The maximum atomic E-state index is 12.2. The maximum absolute atomic E-state index is 12.2. The Kier molecular flexibility index (Phi) is 4.19. The molecule has 1 amide bonds. The Balaban J connectivity index is 2.20. The zero-order valence-electron chi connectivity index (χ0n) is 11.3. The van der Waals surface area contributed by atoms with E-state index in [-0.39, 0.29) is 28.9 Å². The van der Waals surface area contributed by atoms with E-state index in [1.807, 2.05) is 6.92 Å². The first-order valence-corrected chi connectivity index (χ1v) is 6.59. The van der Waals surface area contributed by atoms with Crippen LogP contribution in [0.4, 0.5) is 11.4 Å². The Morgan fingerprint density at radius 1 is 1.50 bits per heavy atom. The summed E-state index contributed by atoms with van der Waals surface area (Å²) in [5, 5.41) is 13.8. The third kappa shape index (κ3) is 2.72. The fourth-order valence-electron chi connectivity index (χ4n) is 2.38. The molecule has 1 unspecified atom stereocenters. The van der Waals surface area contributed by atoms with Gasteiger partial charge in [-0.15, -0.1) is 0 Å². The fourth-order valence-corrected chi connectivity index (χ4v) is 2.38. The molecule has 4 N–H and O–H groups in total. The number of carbonyl (C=O) groups is 1. The molecule has 1 aliphatic carbocycles. The van der Waals surface area contributed by atoms with E-state index < -0.39 is 4.92 Å². The summed E-state index contributed by atoms with van der Waals surface area (Å²) < 4.78 is 0. The second kappa shape index (κ2) is 5.87. The van der Waals surface area contributed by atoms with Gasteiger partial charge in [-0.25, -0.2) is 0 Å². The summed E-state index contributed by atoms with van der Waals surface area (Å²) >= 11 is 0. The quantitative estimate of drug-likeness (QED) is 0.432. The summed E-state index contributed by atoms with van der Waals surface area (Å²) in [6.45, 7) is 1.95. The van der Waals surface area contributed by atoms with Crippen molar-refractivity contribution in [3.63, 3.8) is 0 Å². The lowest BCUT2D eigenvalue weighted by Gasteiger charge is -2.32. The summed E-state index contributed by atoms with van der Waals surface area (Å²) in [5.41, 5.74) is 2.27. The van der Waals surface area contributed by atoms with Gasteiger partial charge in [-0.2, -0.15) is 0 Å². The Hall–Kier alpha value is -2.15. The van der Waals surface area contributed by atoms with Gasteiger partial charge in [-0.3, -0.25) is 20.8 Å². The molecule has 2 rings (SSSR count). The molecule has 1 aromatic carbocycles. The molecule has 0 aliphatic heterocycles. The lowest BCUT2D eigenvalue weighted by Crippen LogP contribution is -2.41. The van der Waals surface area contributed by atoms with E-state index >= 15 is 0 Å². The molecule has 7 nitrogen and oxygen atoms in total. The average molecular weight is 278 g/mol. The van der Waals surface area contributed by atoms with Crippen LogP contribution in [-0.2, 0) is 0 Å². The number of nitro groups is 1. The van der Waals surface area contributed by atoms with Gasteiger partial charge in [0.25, 0.3) is 11.6 Å². The molecule has 1 aromatic rings. The van der Waals surface area contributed by atoms with Gasteiger partial charge >= 0.3 is 0 Å². The van der Waals surface area contributed by atoms with Gasteiger partial charge in [-0.1, -0.05) is 12.5 Å². The van der Waals surface area contributed by atoms with E-state index in [1.54, 1.807) is 0 Å². The summed E-state index contributed by atoms with van der Waals surface area (Å²) in [7, 11) is 0. The number of nitrogens with zero attached hydrogens (tertiary/aromatic N) is 1. The van der Waals surface area contributed by atoms with Gasteiger partial charge in [0, 0.05) is 12.1 Å². The largest absolute Gasteiger partial charge is 0.349 e. The maximum Gasteiger partial charge on any atom is 0.294 e. The summed E-state index contributed by atoms with van der Waals surface area (Å²) in [4.78, 5) is 22.6. The van der Waals surface area contributed by atoms with Crippen LogP contribution in [0.3, 0.4) is 0 Å². The van der Waals surface area contributed by atoms with E-state index in [0.29, 0.717) is 5.92 Å². The number of benzene rings is 1. The molecule has 1 atom stereocenters. The van der Waals surface area contributed by atoms with Crippen molar-refractivity contribution in [3.05, 3.63) is 33.9 Å². The van der Waals surface area contributed by atoms with Crippen LogP contribution in [-0.4, -0.2) is 16.9 Å². The van der Waals surface area contributed by atoms with Crippen molar-refractivity contribution in [1.82, 2.24) is 5.32 Å². The highest BCUT2D eigenvalue weighted by atomic mass is 16.6. The van der Waals surface area contributed by atoms with Crippen molar-refractivity contribution >= 4 is 17.3 Å². The van der Waals surface area contributed by atoms with Crippen LogP contribution in [0.15, 0.2) is 18.2 Å². The van der Waals surface area contributed by atoms with Crippen LogP contribution in [0, 0.1) is 16.0 Å². The Morgan fingerprint density at radius 2 is 2.20 bits per heavy atom. The van der Waals surface area contributed by atoms with Crippen molar-refractivity contribution in [3.8, 4) is 0 Å². The number of rotatable bonds is 5. The third-order valence-corrected chi connectivity index (χ3v) is 3.84. The molecule has 0 radical (unpaired) electrons. The highest BCUT2D eigenvalue weighted by molar-refractivity contribution is 6.01. The number of nitrogens with one attached hydrogen (secondary N) is 2. The lowest BCUT2D eigenvalue weighted by molar-refractivity contribution is -0.384. The number of nitro benzene ring substituents is 1. The van der Waals surface area contributed by atoms with Crippen LogP contribution < -0.4 is 16.6 Å². The van der Waals surface area contributed by atoms with E-state index in [2.05, 4.69) is 10.7 Å². The second-order valence-corrected chi connectivity index (χ2v) is 5.05. The number of hydrogen-bond acceptors (Lipinski definition) is 5. The highest BCUT2D eigenvalue weighted by Crippen LogP contribution is 2.30. The smallest absolute Gasteiger partial charge is 0.294 e. The van der Waals surface area contributed by atoms with Crippen LogP contribution in [0.2, 0.25) is 0 Å². The minimum absolute atomic E-state index is 0.0378. The molecular weight excluding hydrogens is 260 g/mol. The number of nitrogen functional groups attached to an aromatic ring is 1. The molecule has 1 saturated carbocycles. The molecule has 1 fully saturated rings. The first-order valence-electron chi connectivity index (χ1n) is 6.59. The zero-order chi connectivity index (χ0) is 14.7. The van der Waals surface area contributed by atoms with E-state index in [1.165, 1.54) is 24.6 Å². The first-order chi connectivity index (χ1) is 9.54. The Morgan fingerprint density at radius 3 is 2.70 bits per heavy atom. The van der Waals surface area contributed by atoms with Gasteiger partial charge in [0.2, 0.25) is 0 Å². The number of amides is 1. The molecular formula is C13H18N4O3. The van der Waals surface area contributed by atoms with Crippen LogP contribution in [0.25, 0.3) is 0 Å². The lowest BCUT2D eigenvalue weighted by atomic mass is 9.80. The van der Waals surface area contributed by atoms with Crippen LogP contribution >= 0.6 is 0 Å². The number of hydrogen-bond donors (Lipinski definition) is 3. The average Bonchev–Trinajstić information content (AvgIpc) is 2.35. The predicted molar refractivity (Wildman–Crippen MR) is 75.2 cm³/mol. The van der Waals surface area contributed by atoms with Crippen LogP contribution in [0.5, 0.6) is 0 Å². The van der Waals surface area contributed by atoms with Crippen molar-refractivity contribution in [2.75, 3.05) is 5.43 Å². The summed E-state index contributed by atoms with van der Waals surface area (Å²) in [5.74, 6) is 5.47.